The maximum Gasteiger partial charge on any atom is 0.327 e. The first-order valence-corrected chi connectivity index (χ1v) is 9.03. The van der Waals surface area contributed by atoms with Gasteiger partial charge >= 0.3 is 5.97 Å². The molecule has 0 spiro atoms. The van der Waals surface area contributed by atoms with Crippen LogP contribution >= 0.6 is 11.3 Å². The van der Waals surface area contributed by atoms with Crippen molar-refractivity contribution < 1.29 is 14.3 Å². The Kier molecular flexibility index (Phi) is 4.16. The molecule has 0 unspecified atom stereocenters. The molecule has 0 N–H and O–H groups in total. The molecular formula is C19H15N3O3S. The molecule has 0 amide bonds. The SMILES string of the molecule is CCOC(=O)CN1N=C(c2ccccc2)n2c(cc3sccc32)C1=C=O. The van der Waals surface area contributed by atoms with E-state index >= 15 is 0 Å². The van der Waals surface area contributed by atoms with E-state index in [2.05, 4.69) is 5.10 Å². The number of hydrazone groups is 1. The summed E-state index contributed by atoms with van der Waals surface area (Å²) in [6.07, 6.45) is 0. The lowest BCUT2D eigenvalue weighted by atomic mass is 10.2. The average Bonchev–Trinajstić information content (AvgIpc) is 3.23. The van der Waals surface area contributed by atoms with E-state index in [1.165, 1.54) is 5.01 Å². The van der Waals surface area contributed by atoms with Crippen LogP contribution in [-0.2, 0) is 14.3 Å². The Morgan fingerprint density at radius 2 is 2.08 bits per heavy atom. The molecule has 130 valence electrons. The van der Waals surface area contributed by atoms with Crippen molar-refractivity contribution in [2.75, 3.05) is 13.2 Å². The maximum absolute atomic E-state index is 12.0. The Bertz CT molecular complexity index is 1060. The summed E-state index contributed by atoms with van der Waals surface area (Å²) in [5.74, 6) is 2.15. The van der Waals surface area contributed by atoms with Gasteiger partial charge in [-0.3, -0.25) is 9.36 Å². The standard InChI is InChI=1S/C19H15N3O3S/c1-2-25-18(24)11-21-16(12-23)15-10-17-14(8-9-26-17)22(15)19(20-21)13-6-4-3-5-7-13/h3-10H,2,11H2,1H3. The van der Waals surface area contributed by atoms with Crippen molar-refractivity contribution in [3.63, 3.8) is 0 Å². The highest BCUT2D eigenvalue weighted by atomic mass is 32.1. The minimum atomic E-state index is -0.446. The zero-order valence-electron chi connectivity index (χ0n) is 14.0. The molecule has 2 aromatic heterocycles. The van der Waals surface area contributed by atoms with E-state index in [1.807, 2.05) is 58.4 Å². The van der Waals surface area contributed by atoms with Crippen molar-refractivity contribution in [2.45, 2.75) is 6.92 Å². The zero-order chi connectivity index (χ0) is 18.1. The number of esters is 1. The highest BCUT2D eigenvalue weighted by molar-refractivity contribution is 7.17. The van der Waals surface area contributed by atoms with Crippen LogP contribution in [0.15, 0.2) is 52.9 Å². The van der Waals surface area contributed by atoms with Crippen molar-refractivity contribution in [3.8, 4) is 0 Å². The molecule has 0 fully saturated rings. The molecule has 1 aliphatic heterocycles. The molecule has 7 heteroatoms. The van der Waals surface area contributed by atoms with Gasteiger partial charge in [-0.1, -0.05) is 30.3 Å². The molecule has 26 heavy (non-hydrogen) atoms. The van der Waals surface area contributed by atoms with E-state index in [0.29, 0.717) is 11.5 Å². The molecule has 0 atom stereocenters. The van der Waals surface area contributed by atoms with Gasteiger partial charge in [-0.25, -0.2) is 9.80 Å². The van der Waals surface area contributed by atoms with Crippen molar-refractivity contribution in [1.29, 1.82) is 0 Å². The normalized spacial score (nSPS) is 13.3. The average molecular weight is 365 g/mol. The molecule has 0 bridgehead atoms. The van der Waals surface area contributed by atoms with E-state index in [4.69, 9.17) is 4.74 Å². The fraction of sp³-hybridized carbons (Fsp3) is 0.158. The van der Waals surface area contributed by atoms with E-state index in [-0.39, 0.29) is 18.8 Å². The smallest absolute Gasteiger partial charge is 0.327 e. The first-order chi connectivity index (χ1) is 12.7. The van der Waals surface area contributed by atoms with Gasteiger partial charge in [0, 0.05) is 5.56 Å². The first kappa shape index (κ1) is 16.3. The van der Waals surface area contributed by atoms with E-state index in [0.717, 1.165) is 15.8 Å². The summed E-state index contributed by atoms with van der Waals surface area (Å²) in [5.41, 5.74) is 2.74. The predicted molar refractivity (Wildman–Crippen MR) is 101 cm³/mol. The quantitative estimate of drug-likeness (QED) is 0.527. The third-order valence-corrected chi connectivity index (χ3v) is 4.92. The molecule has 0 saturated carbocycles. The Labute approximate surface area is 153 Å². The lowest BCUT2D eigenvalue weighted by Crippen LogP contribution is -2.34. The van der Waals surface area contributed by atoms with Gasteiger partial charge in [0.15, 0.2) is 17.5 Å². The van der Waals surface area contributed by atoms with Crippen LogP contribution in [-0.4, -0.2) is 40.5 Å². The van der Waals surface area contributed by atoms with Gasteiger partial charge in [-0.2, -0.15) is 5.10 Å². The molecule has 1 aromatic carbocycles. The molecule has 0 saturated heterocycles. The van der Waals surface area contributed by atoms with E-state index in [9.17, 15) is 9.59 Å². The number of thiophene rings is 1. The number of carbonyl (C=O) groups excluding carboxylic acids is 2. The lowest BCUT2D eigenvalue weighted by molar-refractivity contribution is -0.143. The Balaban J connectivity index is 1.90. The molecule has 0 aliphatic carbocycles. The highest BCUT2D eigenvalue weighted by Crippen LogP contribution is 2.33. The number of fused-ring (bicyclic) bond motifs is 3. The number of nitrogens with zero attached hydrogens (tertiary/aromatic N) is 3. The number of rotatable bonds is 4. The van der Waals surface area contributed by atoms with E-state index in [1.54, 1.807) is 18.3 Å². The fourth-order valence-electron chi connectivity index (χ4n) is 2.99. The number of aromatic nitrogens is 1. The van der Waals surface area contributed by atoms with Gasteiger partial charge in [-0.05, 0) is 24.4 Å². The van der Waals surface area contributed by atoms with Crippen molar-refractivity contribution in [3.05, 3.63) is 59.1 Å². The van der Waals surface area contributed by atoms with Gasteiger partial charge in [0.25, 0.3) is 0 Å². The summed E-state index contributed by atoms with van der Waals surface area (Å²) < 4.78 is 7.98. The predicted octanol–water partition coefficient (Wildman–Crippen LogP) is 2.96. The fourth-order valence-corrected chi connectivity index (χ4v) is 3.79. The highest BCUT2D eigenvalue weighted by Gasteiger charge is 2.29. The molecule has 3 heterocycles. The van der Waals surface area contributed by atoms with Crippen LogP contribution in [0, 0.1) is 0 Å². The van der Waals surface area contributed by atoms with Crippen molar-refractivity contribution >= 4 is 45.0 Å². The van der Waals surface area contributed by atoms with Crippen LogP contribution in [0.4, 0.5) is 0 Å². The van der Waals surface area contributed by atoms with Gasteiger partial charge in [0.1, 0.15) is 6.54 Å². The second-order valence-corrected chi connectivity index (χ2v) is 6.59. The molecule has 4 rings (SSSR count). The minimum absolute atomic E-state index is 0.145. The van der Waals surface area contributed by atoms with Crippen LogP contribution in [0.3, 0.4) is 0 Å². The lowest BCUT2D eigenvalue weighted by Gasteiger charge is -2.27. The van der Waals surface area contributed by atoms with Crippen molar-refractivity contribution in [1.82, 2.24) is 9.58 Å². The topological polar surface area (TPSA) is 63.9 Å². The first-order valence-electron chi connectivity index (χ1n) is 8.15. The van der Waals surface area contributed by atoms with Crippen LogP contribution in [0.5, 0.6) is 0 Å². The van der Waals surface area contributed by atoms with Crippen LogP contribution in [0.1, 0.15) is 18.2 Å². The van der Waals surface area contributed by atoms with Crippen LogP contribution in [0.2, 0.25) is 0 Å². The van der Waals surface area contributed by atoms with Crippen molar-refractivity contribution in [2.24, 2.45) is 5.10 Å². The monoisotopic (exact) mass is 365 g/mol. The number of hydrogen-bond donors (Lipinski definition) is 0. The summed E-state index contributed by atoms with van der Waals surface area (Å²) in [6, 6.07) is 13.6. The Morgan fingerprint density at radius 3 is 2.81 bits per heavy atom. The summed E-state index contributed by atoms with van der Waals surface area (Å²) in [6.45, 7) is 1.87. The molecule has 0 radical (unpaired) electrons. The number of ether oxygens (including phenoxy) is 1. The van der Waals surface area contributed by atoms with Gasteiger partial charge < -0.3 is 4.74 Å². The summed E-state index contributed by atoms with van der Waals surface area (Å²) in [7, 11) is 0. The molecular weight excluding hydrogens is 350 g/mol. The minimum Gasteiger partial charge on any atom is -0.465 e. The number of hydrogen-bond acceptors (Lipinski definition) is 6. The third kappa shape index (κ3) is 2.63. The molecule has 6 nitrogen and oxygen atoms in total. The van der Waals surface area contributed by atoms with Crippen LogP contribution < -0.4 is 0 Å². The third-order valence-electron chi connectivity index (χ3n) is 4.06. The summed E-state index contributed by atoms with van der Waals surface area (Å²) >= 11 is 1.58. The zero-order valence-corrected chi connectivity index (χ0v) is 14.8. The van der Waals surface area contributed by atoms with Crippen LogP contribution in [0.25, 0.3) is 15.9 Å². The van der Waals surface area contributed by atoms with Gasteiger partial charge in [-0.15, -0.1) is 11.3 Å². The largest absolute Gasteiger partial charge is 0.465 e. The van der Waals surface area contributed by atoms with Gasteiger partial charge in [0.2, 0.25) is 0 Å². The summed E-state index contributed by atoms with van der Waals surface area (Å²) in [5, 5.41) is 7.95. The van der Waals surface area contributed by atoms with E-state index < -0.39 is 5.97 Å². The maximum atomic E-state index is 12.0. The van der Waals surface area contributed by atoms with Gasteiger partial charge in [0.05, 0.1) is 22.5 Å². The Hall–Kier alpha value is -3.15. The molecule has 3 aromatic rings. The summed E-state index contributed by atoms with van der Waals surface area (Å²) in [4.78, 5) is 23.6. The Morgan fingerprint density at radius 1 is 1.27 bits per heavy atom. The second-order valence-electron chi connectivity index (χ2n) is 5.64. The second kappa shape index (κ2) is 6.63. The number of benzene rings is 1. The number of carbonyl (C=O) groups is 1. The molecule has 1 aliphatic rings.